The first-order chi connectivity index (χ1) is 19.0. The number of carbonyl (C=O) groups excluding carboxylic acids is 2. The number of Topliss-reactive ketones (excluding diaryl/α,β-unsaturated/α-hetero) is 1. The molecular formula is C30H27N3O4S2. The van der Waals surface area contributed by atoms with E-state index < -0.39 is 17.7 Å². The standard InChI is InChI=1S/C30H27N3O4S2/c1-3-17-37-23-15-13-21(14-16-23)25-24(26(34)22-11-9-19(2)10-12-22)27(35)28(36)33(25)29-31-32-30(39-29)38-18-20-7-5-4-6-8-20/h4-16,25,34H,3,17-18H2,1-2H3/b26-24-. The Kier molecular flexibility index (Phi) is 8.09. The number of aliphatic hydroxyl groups is 1. The molecule has 0 spiro atoms. The Balaban J connectivity index is 1.53. The van der Waals surface area contributed by atoms with Crippen molar-refractivity contribution >= 4 is 45.7 Å². The van der Waals surface area contributed by atoms with Crippen molar-refractivity contribution in [1.29, 1.82) is 0 Å². The van der Waals surface area contributed by atoms with E-state index in [1.165, 1.54) is 28.0 Å². The molecule has 1 amide bonds. The Morgan fingerprint density at radius 2 is 1.72 bits per heavy atom. The highest BCUT2D eigenvalue weighted by atomic mass is 32.2. The summed E-state index contributed by atoms with van der Waals surface area (Å²) in [5.74, 6) is -0.361. The van der Waals surface area contributed by atoms with Crippen LogP contribution in [-0.2, 0) is 15.3 Å². The second kappa shape index (κ2) is 11.8. The maximum absolute atomic E-state index is 13.4. The highest BCUT2D eigenvalue weighted by Gasteiger charge is 2.48. The molecule has 0 saturated carbocycles. The van der Waals surface area contributed by atoms with E-state index in [-0.39, 0.29) is 11.3 Å². The Bertz CT molecular complexity index is 1500. The quantitative estimate of drug-likeness (QED) is 0.0820. The van der Waals surface area contributed by atoms with Gasteiger partial charge in [0, 0.05) is 11.3 Å². The molecule has 1 aliphatic heterocycles. The van der Waals surface area contributed by atoms with Gasteiger partial charge in [-0.2, -0.15) is 0 Å². The number of carbonyl (C=O) groups is 2. The Hall–Kier alpha value is -3.95. The van der Waals surface area contributed by atoms with Crippen LogP contribution >= 0.6 is 23.1 Å². The number of anilines is 1. The van der Waals surface area contributed by atoms with Crippen molar-refractivity contribution in [3.63, 3.8) is 0 Å². The molecule has 3 aromatic carbocycles. The summed E-state index contributed by atoms with van der Waals surface area (Å²) >= 11 is 2.76. The summed E-state index contributed by atoms with van der Waals surface area (Å²) in [5, 5.41) is 20.2. The van der Waals surface area contributed by atoms with E-state index in [1.54, 1.807) is 24.3 Å². The predicted octanol–water partition coefficient (Wildman–Crippen LogP) is 6.55. The first-order valence-corrected chi connectivity index (χ1v) is 14.4. The molecule has 0 radical (unpaired) electrons. The van der Waals surface area contributed by atoms with Crippen LogP contribution in [0.1, 0.15) is 41.6 Å². The number of aromatic nitrogens is 2. The van der Waals surface area contributed by atoms with Gasteiger partial charge in [-0.3, -0.25) is 14.5 Å². The number of rotatable bonds is 9. The van der Waals surface area contributed by atoms with Gasteiger partial charge in [0.2, 0.25) is 5.13 Å². The number of hydrogen-bond donors (Lipinski definition) is 1. The van der Waals surface area contributed by atoms with Crippen LogP contribution in [0.15, 0.2) is 88.8 Å². The summed E-state index contributed by atoms with van der Waals surface area (Å²) in [6.45, 7) is 4.55. The number of aryl methyl sites for hydroxylation is 1. The van der Waals surface area contributed by atoms with E-state index in [4.69, 9.17) is 4.74 Å². The van der Waals surface area contributed by atoms with Gasteiger partial charge in [-0.15, -0.1) is 10.2 Å². The molecule has 0 aliphatic carbocycles. The Morgan fingerprint density at radius 3 is 2.41 bits per heavy atom. The third-order valence-electron chi connectivity index (χ3n) is 6.25. The van der Waals surface area contributed by atoms with Crippen LogP contribution in [0.2, 0.25) is 0 Å². The molecule has 39 heavy (non-hydrogen) atoms. The van der Waals surface area contributed by atoms with Crippen molar-refractivity contribution in [2.45, 2.75) is 36.4 Å². The number of ether oxygens (including phenoxy) is 1. The fourth-order valence-corrected chi connectivity index (χ4v) is 6.08. The summed E-state index contributed by atoms with van der Waals surface area (Å²) in [6.07, 6.45) is 0.875. The van der Waals surface area contributed by atoms with Gasteiger partial charge in [0.15, 0.2) is 4.34 Å². The van der Waals surface area contributed by atoms with E-state index in [9.17, 15) is 14.7 Å². The van der Waals surface area contributed by atoms with Crippen molar-refractivity contribution in [3.8, 4) is 5.75 Å². The van der Waals surface area contributed by atoms with E-state index in [1.807, 2.05) is 68.4 Å². The average molecular weight is 558 g/mol. The summed E-state index contributed by atoms with van der Waals surface area (Å²) in [4.78, 5) is 28.2. The molecular weight excluding hydrogens is 530 g/mol. The molecule has 1 atom stereocenters. The Morgan fingerprint density at radius 1 is 1.00 bits per heavy atom. The molecule has 5 rings (SSSR count). The van der Waals surface area contributed by atoms with Crippen LogP contribution in [0.5, 0.6) is 5.75 Å². The molecule has 2 heterocycles. The summed E-state index contributed by atoms with van der Waals surface area (Å²) in [7, 11) is 0. The third kappa shape index (κ3) is 5.74. The van der Waals surface area contributed by atoms with Crippen LogP contribution in [0.4, 0.5) is 5.13 Å². The highest BCUT2D eigenvalue weighted by Crippen LogP contribution is 2.44. The molecule has 7 nitrogen and oxygen atoms in total. The Labute approximate surface area is 235 Å². The van der Waals surface area contributed by atoms with Gasteiger partial charge >= 0.3 is 5.91 Å². The van der Waals surface area contributed by atoms with Crippen LogP contribution in [0.25, 0.3) is 5.76 Å². The zero-order chi connectivity index (χ0) is 27.4. The molecule has 1 saturated heterocycles. The number of hydrogen-bond acceptors (Lipinski definition) is 8. The summed E-state index contributed by atoms with van der Waals surface area (Å²) < 4.78 is 6.39. The van der Waals surface area contributed by atoms with Crippen molar-refractivity contribution in [2.24, 2.45) is 0 Å². The van der Waals surface area contributed by atoms with E-state index in [0.29, 0.717) is 38.7 Å². The second-order valence-corrected chi connectivity index (χ2v) is 11.3. The molecule has 1 aliphatic rings. The van der Waals surface area contributed by atoms with Gasteiger partial charge in [-0.05, 0) is 36.6 Å². The summed E-state index contributed by atoms with van der Waals surface area (Å²) in [6, 6.07) is 23.5. The lowest BCUT2D eigenvalue weighted by Crippen LogP contribution is -2.29. The minimum Gasteiger partial charge on any atom is -0.507 e. The van der Waals surface area contributed by atoms with Gasteiger partial charge in [-0.1, -0.05) is 102 Å². The minimum atomic E-state index is -0.869. The number of ketones is 1. The smallest absolute Gasteiger partial charge is 0.301 e. The van der Waals surface area contributed by atoms with Gasteiger partial charge < -0.3 is 9.84 Å². The predicted molar refractivity (Wildman–Crippen MR) is 154 cm³/mol. The monoisotopic (exact) mass is 557 g/mol. The van der Waals surface area contributed by atoms with Gasteiger partial charge in [0.1, 0.15) is 11.5 Å². The molecule has 1 fully saturated rings. The van der Waals surface area contributed by atoms with E-state index >= 15 is 0 Å². The van der Waals surface area contributed by atoms with Crippen molar-refractivity contribution in [2.75, 3.05) is 11.5 Å². The zero-order valence-electron chi connectivity index (χ0n) is 21.5. The lowest BCUT2D eigenvalue weighted by molar-refractivity contribution is -0.132. The van der Waals surface area contributed by atoms with Crippen molar-refractivity contribution in [1.82, 2.24) is 10.2 Å². The van der Waals surface area contributed by atoms with E-state index in [2.05, 4.69) is 10.2 Å². The van der Waals surface area contributed by atoms with Crippen LogP contribution in [-0.4, -0.2) is 33.6 Å². The molecule has 0 bridgehead atoms. The number of aliphatic hydroxyl groups excluding tert-OH is 1. The second-order valence-electron chi connectivity index (χ2n) is 9.08. The average Bonchev–Trinajstić information content (AvgIpc) is 3.53. The van der Waals surface area contributed by atoms with E-state index in [0.717, 1.165) is 17.5 Å². The van der Waals surface area contributed by atoms with Crippen LogP contribution in [0, 0.1) is 6.92 Å². The fraction of sp³-hybridized carbons (Fsp3) is 0.200. The molecule has 198 valence electrons. The fourth-order valence-electron chi connectivity index (χ4n) is 4.26. The molecule has 1 aromatic heterocycles. The first kappa shape index (κ1) is 26.6. The third-order valence-corrected chi connectivity index (χ3v) is 8.37. The molecule has 9 heteroatoms. The molecule has 4 aromatic rings. The molecule has 1 unspecified atom stereocenters. The topological polar surface area (TPSA) is 92.6 Å². The number of benzene rings is 3. The van der Waals surface area contributed by atoms with Gasteiger partial charge in [0.05, 0.1) is 18.2 Å². The summed E-state index contributed by atoms with van der Waals surface area (Å²) in [5.41, 5.74) is 3.28. The van der Waals surface area contributed by atoms with Gasteiger partial charge in [0.25, 0.3) is 5.78 Å². The van der Waals surface area contributed by atoms with Crippen molar-refractivity contribution in [3.05, 3.63) is 107 Å². The SMILES string of the molecule is CCCOc1ccc(C2/C(=C(/O)c3ccc(C)cc3)C(=O)C(=O)N2c2nnc(SCc3ccccc3)s2)cc1. The first-order valence-electron chi connectivity index (χ1n) is 12.6. The maximum Gasteiger partial charge on any atom is 0.301 e. The molecule has 1 N–H and O–H groups in total. The zero-order valence-corrected chi connectivity index (χ0v) is 23.2. The van der Waals surface area contributed by atoms with Crippen molar-refractivity contribution < 1.29 is 19.4 Å². The lowest BCUT2D eigenvalue weighted by atomic mass is 9.95. The number of amides is 1. The lowest BCUT2D eigenvalue weighted by Gasteiger charge is -2.22. The minimum absolute atomic E-state index is 0.0137. The maximum atomic E-state index is 13.4. The van der Waals surface area contributed by atoms with Gasteiger partial charge in [-0.25, -0.2) is 0 Å². The highest BCUT2D eigenvalue weighted by molar-refractivity contribution is 8.00. The normalized spacial score (nSPS) is 16.6. The largest absolute Gasteiger partial charge is 0.507 e. The number of thioether (sulfide) groups is 1. The number of nitrogens with zero attached hydrogens (tertiary/aromatic N) is 3. The van der Waals surface area contributed by atoms with Crippen LogP contribution < -0.4 is 9.64 Å². The van der Waals surface area contributed by atoms with Crippen LogP contribution in [0.3, 0.4) is 0 Å².